The molecular weight excluding hydrogens is 469 g/mol. The molecule has 3 aromatic rings. The topological polar surface area (TPSA) is 99.0 Å². The van der Waals surface area contributed by atoms with Gasteiger partial charge in [-0.2, -0.15) is 0 Å². The van der Waals surface area contributed by atoms with Crippen LogP contribution in [-0.2, 0) is 0 Å². The smallest absolute Gasteiger partial charge is 0.240 e. The van der Waals surface area contributed by atoms with Crippen LogP contribution in [0.2, 0.25) is 0 Å². The molecule has 2 aromatic heterocycles. The van der Waals surface area contributed by atoms with Crippen LogP contribution in [0.25, 0.3) is 16.8 Å². The first-order valence-electron chi connectivity index (χ1n) is 10.8. The summed E-state index contributed by atoms with van der Waals surface area (Å²) in [5.41, 5.74) is 3.51. The molecule has 0 amide bonds. The third kappa shape index (κ3) is 5.14. The number of anilines is 1. The summed E-state index contributed by atoms with van der Waals surface area (Å²) in [6.07, 6.45) is 6.27. The summed E-state index contributed by atoms with van der Waals surface area (Å²) in [6, 6.07) is 5.57. The van der Waals surface area contributed by atoms with Gasteiger partial charge in [0.25, 0.3) is 0 Å². The Morgan fingerprint density at radius 1 is 1.11 bits per heavy atom. The third-order valence-electron chi connectivity index (χ3n) is 5.37. The molecule has 0 atom stereocenters. The number of benzene rings is 1. The Morgan fingerprint density at radius 2 is 1.80 bits per heavy atom. The van der Waals surface area contributed by atoms with E-state index in [0.29, 0.717) is 34.8 Å². The maximum absolute atomic E-state index is 13.2. The van der Waals surface area contributed by atoms with E-state index in [0.717, 1.165) is 35.0 Å². The van der Waals surface area contributed by atoms with Crippen LogP contribution in [0.1, 0.15) is 32.4 Å². The summed E-state index contributed by atoms with van der Waals surface area (Å²) in [5.74, 6) is 2.26. The van der Waals surface area contributed by atoms with E-state index in [2.05, 4.69) is 36.3 Å². The van der Waals surface area contributed by atoms with E-state index in [1.165, 1.54) is 17.5 Å². The molecule has 0 saturated heterocycles. The van der Waals surface area contributed by atoms with Crippen LogP contribution in [0.5, 0.6) is 11.5 Å². The number of aromatic nitrogens is 5. The van der Waals surface area contributed by atoms with Gasteiger partial charge < -0.3 is 14.8 Å². The highest BCUT2D eigenvalue weighted by Gasteiger charge is 2.24. The van der Waals surface area contributed by atoms with Crippen LogP contribution in [-0.4, -0.2) is 45.5 Å². The molecule has 3 heterocycles. The van der Waals surface area contributed by atoms with Crippen molar-refractivity contribution in [3.05, 3.63) is 70.8 Å². The van der Waals surface area contributed by atoms with Crippen molar-refractivity contribution in [2.24, 2.45) is 0 Å². The molecule has 2 N–H and O–H groups in total. The molecule has 35 heavy (non-hydrogen) atoms. The number of methoxy groups -OCH3 is 2. The molecular formula is C24H26FN7O2S. The van der Waals surface area contributed by atoms with Crippen molar-refractivity contribution in [3.63, 3.8) is 0 Å². The zero-order chi connectivity index (χ0) is 24.9. The van der Waals surface area contributed by atoms with Gasteiger partial charge in [0.05, 0.1) is 26.6 Å². The number of allylic oxidation sites excluding steroid dienone is 4. The van der Waals surface area contributed by atoms with Gasteiger partial charge in [-0.1, -0.05) is 11.6 Å². The average Bonchev–Trinajstić information content (AvgIpc) is 3.30. The molecule has 1 aliphatic rings. The van der Waals surface area contributed by atoms with E-state index in [1.54, 1.807) is 14.2 Å². The number of nitrogens with one attached hydrogen (secondary N) is 2. The predicted molar refractivity (Wildman–Crippen MR) is 136 cm³/mol. The first-order valence-corrected chi connectivity index (χ1v) is 11.6. The second-order valence-corrected chi connectivity index (χ2v) is 8.80. The van der Waals surface area contributed by atoms with Gasteiger partial charge in [0, 0.05) is 28.8 Å². The number of hydrogen-bond acceptors (Lipinski definition) is 9. The van der Waals surface area contributed by atoms with E-state index < -0.39 is 5.82 Å². The molecule has 1 aromatic carbocycles. The monoisotopic (exact) mass is 495 g/mol. The lowest BCUT2D eigenvalue weighted by Gasteiger charge is -2.19. The fourth-order valence-corrected chi connectivity index (χ4v) is 4.09. The Hall–Kier alpha value is -3.86. The molecule has 11 heteroatoms. The van der Waals surface area contributed by atoms with E-state index >= 15 is 0 Å². The first kappa shape index (κ1) is 24.3. The number of dihydropyridines is 1. The SMILES string of the molecule is COc1cccc(OC)c1-n1c(NS/C(C)=C(\C)c2ncc(F)cn2)nnc1C1=CNCC(C)=C1. The molecule has 0 fully saturated rings. The number of rotatable bonds is 8. The standard InChI is InChI=1S/C24H26FN7O2S/c1-14-9-17(11-26-10-14)23-29-30-24(32(23)21-19(33-4)7-6-8-20(21)34-5)31-35-16(3)15(2)22-27-12-18(25)13-28-22/h6-9,11-13,26H,10H2,1-5H3,(H,30,31)/b16-15+. The molecule has 0 radical (unpaired) electrons. The fourth-order valence-electron chi connectivity index (χ4n) is 3.47. The zero-order valence-electron chi connectivity index (χ0n) is 20.1. The van der Waals surface area contributed by atoms with Gasteiger partial charge in [0.15, 0.2) is 17.5 Å². The minimum absolute atomic E-state index is 0.450. The summed E-state index contributed by atoms with van der Waals surface area (Å²) in [4.78, 5) is 9.01. The number of hydrogen-bond donors (Lipinski definition) is 2. The van der Waals surface area contributed by atoms with Gasteiger partial charge in [-0.05, 0) is 50.9 Å². The van der Waals surface area contributed by atoms with E-state index in [4.69, 9.17) is 9.47 Å². The minimum Gasteiger partial charge on any atom is -0.494 e. The lowest BCUT2D eigenvalue weighted by Crippen LogP contribution is -2.15. The van der Waals surface area contributed by atoms with E-state index in [9.17, 15) is 4.39 Å². The Bertz CT molecular complexity index is 1290. The lowest BCUT2D eigenvalue weighted by atomic mass is 10.1. The van der Waals surface area contributed by atoms with Gasteiger partial charge in [-0.25, -0.2) is 14.4 Å². The molecule has 0 spiro atoms. The zero-order valence-corrected chi connectivity index (χ0v) is 20.9. The van der Waals surface area contributed by atoms with E-state index in [1.807, 2.05) is 49.7 Å². The van der Waals surface area contributed by atoms with Crippen molar-refractivity contribution in [3.8, 4) is 17.2 Å². The molecule has 182 valence electrons. The molecule has 0 unspecified atom stereocenters. The summed E-state index contributed by atoms with van der Waals surface area (Å²) in [7, 11) is 3.21. The molecule has 0 bridgehead atoms. The van der Waals surface area contributed by atoms with Crippen molar-refractivity contribution in [2.45, 2.75) is 20.8 Å². The normalized spacial score (nSPS) is 13.9. The van der Waals surface area contributed by atoms with Crippen LogP contribution in [0, 0.1) is 5.82 Å². The second-order valence-electron chi connectivity index (χ2n) is 7.78. The quantitative estimate of drug-likeness (QED) is 0.434. The number of para-hydroxylation sites is 1. The maximum atomic E-state index is 13.2. The van der Waals surface area contributed by atoms with Crippen LogP contribution >= 0.6 is 11.9 Å². The predicted octanol–water partition coefficient (Wildman–Crippen LogP) is 4.62. The van der Waals surface area contributed by atoms with Gasteiger partial charge in [-0.3, -0.25) is 9.29 Å². The highest BCUT2D eigenvalue weighted by atomic mass is 32.2. The minimum atomic E-state index is -0.479. The van der Waals surface area contributed by atoms with Crippen molar-refractivity contribution in [1.82, 2.24) is 30.0 Å². The highest BCUT2D eigenvalue weighted by Crippen LogP contribution is 2.38. The van der Waals surface area contributed by atoms with Crippen LogP contribution in [0.4, 0.5) is 10.3 Å². The highest BCUT2D eigenvalue weighted by molar-refractivity contribution is 8.04. The molecule has 9 nitrogen and oxygen atoms in total. The van der Waals surface area contributed by atoms with Crippen molar-refractivity contribution in [1.29, 1.82) is 0 Å². The third-order valence-corrected chi connectivity index (χ3v) is 6.26. The summed E-state index contributed by atoms with van der Waals surface area (Å²) in [6.45, 7) is 6.62. The molecule has 1 aliphatic heterocycles. The number of halogens is 1. The van der Waals surface area contributed by atoms with Gasteiger partial charge in [-0.15, -0.1) is 10.2 Å². The molecule has 4 rings (SSSR count). The average molecular weight is 496 g/mol. The van der Waals surface area contributed by atoms with Gasteiger partial charge in [0.2, 0.25) is 5.95 Å². The molecule has 0 saturated carbocycles. The van der Waals surface area contributed by atoms with Crippen LogP contribution in [0.3, 0.4) is 0 Å². The lowest BCUT2D eigenvalue weighted by molar-refractivity contribution is 0.391. The number of ether oxygens (including phenoxy) is 2. The Morgan fingerprint density at radius 3 is 2.43 bits per heavy atom. The number of nitrogens with zero attached hydrogens (tertiary/aromatic N) is 5. The van der Waals surface area contributed by atoms with Gasteiger partial charge >= 0.3 is 0 Å². The fraction of sp³-hybridized carbons (Fsp3) is 0.250. The van der Waals surface area contributed by atoms with Crippen molar-refractivity contribution in [2.75, 3.05) is 25.5 Å². The summed E-state index contributed by atoms with van der Waals surface area (Å²) < 4.78 is 29.7. The Labute approximate surface area is 207 Å². The second kappa shape index (κ2) is 10.6. The van der Waals surface area contributed by atoms with Crippen LogP contribution < -0.4 is 19.5 Å². The van der Waals surface area contributed by atoms with Crippen LogP contribution in [0.15, 0.2) is 53.3 Å². The summed E-state index contributed by atoms with van der Waals surface area (Å²) >= 11 is 1.33. The summed E-state index contributed by atoms with van der Waals surface area (Å²) in [5, 5.41) is 12.2. The first-order chi connectivity index (χ1) is 16.9. The van der Waals surface area contributed by atoms with Crippen molar-refractivity contribution < 1.29 is 13.9 Å². The largest absolute Gasteiger partial charge is 0.494 e. The Balaban J connectivity index is 1.77. The van der Waals surface area contributed by atoms with E-state index in [-0.39, 0.29) is 0 Å². The Kier molecular flexibility index (Phi) is 7.35. The maximum Gasteiger partial charge on any atom is 0.240 e. The van der Waals surface area contributed by atoms with Gasteiger partial charge in [0.1, 0.15) is 17.2 Å². The van der Waals surface area contributed by atoms with Crippen molar-refractivity contribution >= 4 is 29.0 Å². The molecule has 0 aliphatic carbocycles.